The molecule has 0 atom stereocenters. The molecule has 0 fully saturated rings. The van der Waals surface area contributed by atoms with E-state index < -0.39 is 0 Å². The number of carbonyl (C=O) groups is 1. The summed E-state index contributed by atoms with van der Waals surface area (Å²) >= 11 is 0. The molecule has 2 heterocycles. The van der Waals surface area contributed by atoms with Gasteiger partial charge in [0.25, 0.3) is 0 Å². The fourth-order valence-electron chi connectivity index (χ4n) is 5.43. The van der Waals surface area contributed by atoms with Crippen molar-refractivity contribution in [1.29, 1.82) is 0 Å². The number of aliphatic hydroxyl groups excluding tert-OH is 1. The van der Waals surface area contributed by atoms with Crippen molar-refractivity contribution in [3.8, 4) is 11.3 Å². The van der Waals surface area contributed by atoms with Gasteiger partial charge in [0.05, 0.1) is 11.3 Å². The standard InChI is InChI=1S/C27H24NO.C11H20O2.Ir/c1-16(2)12-19-8-9-21-20(15-19)10-11-28-25(21)24-14-17(3)13-23-22-7-5-6-18(4)26(22)29-27(23)24;1-8(2)5-10(12)7-11(13)6-9(3)4;/h5-11,13,15-16H,12H2,1-4H3;7-9,12H,5-6H2,1-4H3;/q-1;;/b;10-7-;. The van der Waals surface area contributed by atoms with Crippen LogP contribution in [0, 0.1) is 37.7 Å². The molecule has 5 aromatic rings. The molecule has 5 heteroatoms. The molecule has 5 rings (SSSR count). The van der Waals surface area contributed by atoms with Crippen molar-refractivity contribution in [3.63, 3.8) is 0 Å². The second kappa shape index (κ2) is 14.9. The number of allylic oxidation sites excluding steroid dienone is 2. The van der Waals surface area contributed by atoms with Crippen LogP contribution in [0.4, 0.5) is 0 Å². The van der Waals surface area contributed by atoms with Crippen LogP contribution in [0.25, 0.3) is 44.0 Å². The Morgan fingerprint density at radius 1 is 0.884 bits per heavy atom. The number of nitrogens with zero attached hydrogens (tertiary/aromatic N) is 1. The molecule has 0 saturated carbocycles. The van der Waals surface area contributed by atoms with Crippen molar-refractivity contribution < 1.29 is 34.4 Å². The molecule has 3 aromatic carbocycles. The number of furan rings is 1. The van der Waals surface area contributed by atoms with Crippen molar-refractivity contribution in [2.45, 2.75) is 74.7 Å². The average molecular weight is 755 g/mol. The number of ketones is 1. The average Bonchev–Trinajstić information content (AvgIpc) is 3.26. The molecule has 1 radical (unpaired) electrons. The van der Waals surface area contributed by atoms with Crippen LogP contribution in [0.2, 0.25) is 0 Å². The van der Waals surface area contributed by atoms with Crippen LogP contribution < -0.4 is 0 Å². The number of hydrogen-bond donors (Lipinski definition) is 1. The first-order valence-electron chi connectivity index (χ1n) is 15.1. The van der Waals surface area contributed by atoms with Gasteiger partial charge in [0.15, 0.2) is 5.78 Å². The predicted molar refractivity (Wildman–Crippen MR) is 176 cm³/mol. The summed E-state index contributed by atoms with van der Waals surface area (Å²) in [7, 11) is 0. The summed E-state index contributed by atoms with van der Waals surface area (Å²) in [5.41, 5.74) is 7.29. The Hall–Kier alpha value is -3.27. The molecule has 229 valence electrons. The minimum Gasteiger partial charge on any atom is -0.512 e. The zero-order chi connectivity index (χ0) is 30.6. The minimum atomic E-state index is 0. The van der Waals surface area contributed by atoms with Gasteiger partial charge in [-0.25, -0.2) is 0 Å². The van der Waals surface area contributed by atoms with Crippen LogP contribution in [0.1, 0.15) is 71.1 Å². The van der Waals surface area contributed by atoms with Crippen LogP contribution >= 0.6 is 0 Å². The molecular formula is C38H44IrNO3-. The number of pyridine rings is 1. The first-order chi connectivity index (χ1) is 19.9. The van der Waals surface area contributed by atoms with E-state index in [1.807, 2.05) is 33.9 Å². The molecule has 0 aliphatic heterocycles. The summed E-state index contributed by atoms with van der Waals surface area (Å²) in [4.78, 5) is 16.0. The number of aliphatic hydroxyl groups is 1. The molecule has 0 aliphatic rings. The number of carbonyl (C=O) groups excluding carboxylic acids is 1. The number of benzene rings is 3. The summed E-state index contributed by atoms with van der Waals surface area (Å²) in [6, 6.07) is 20.8. The third kappa shape index (κ3) is 8.65. The van der Waals surface area contributed by atoms with E-state index >= 15 is 0 Å². The van der Waals surface area contributed by atoms with Gasteiger partial charge in [-0.15, -0.1) is 17.7 Å². The summed E-state index contributed by atoms with van der Waals surface area (Å²) in [5, 5.41) is 14.0. The fourth-order valence-corrected chi connectivity index (χ4v) is 5.43. The van der Waals surface area contributed by atoms with E-state index in [1.165, 1.54) is 17.0 Å². The maximum Gasteiger partial charge on any atom is 0.159 e. The van der Waals surface area contributed by atoms with Crippen LogP contribution in [0.15, 0.2) is 71.0 Å². The maximum absolute atomic E-state index is 11.2. The van der Waals surface area contributed by atoms with Crippen LogP contribution in [-0.2, 0) is 31.3 Å². The van der Waals surface area contributed by atoms with Gasteiger partial charge in [0, 0.05) is 50.6 Å². The Morgan fingerprint density at radius 3 is 2.28 bits per heavy atom. The second-order valence-electron chi connectivity index (χ2n) is 12.7. The number of fused-ring (bicyclic) bond motifs is 4. The molecule has 2 aromatic heterocycles. The van der Waals surface area contributed by atoms with Gasteiger partial charge >= 0.3 is 0 Å². The first-order valence-corrected chi connectivity index (χ1v) is 15.1. The van der Waals surface area contributed by atoms with Crippen molar-refractivity contribution in [2.24, 2.45) is 17.8 Å². The third-order valence-electron chi connectivity index (χ3n) is 7.12. The molecule has 1 N–H and O–H groups in total. The van der Waals surface area contributed by atoms with Gasteiger partial charge < -0.3 is 14.5 Å². The van der Waals surface area contributed by atoms with E-state index in [2.05, 4.69) is 82.3 Å². The van der Waals surface area contributed by atoms with Gasteiger partial charge in [-0.1, -0.05) is 95.8 Å². The first kappa shape index (κ1) is 34.2. The van der Waals surface area contributed by atoms with E-state index in [1.54, 1.807) is 0 Å². The summed E-state index contributed by atoms with van der Waals surface area (Å²) < 4.78 is 6.38. The fraction of sp³-hybridized carbons (Fsp3) is 0.368. The van der Waals surface area contributed by atoms with E-state index in [-0.39, 0.29) is 31.6 Å². The van der Waals surface area contributed by atoms with Gasteiger partial charge in [-0.3, -0.25) is 4.79 Å². The molecule has 0 aliphatic carbocycles. The van der Waals surface area contributed by atoms with Crippen molar-refractivity contribution in [3.05, 3.63) is 89.3 Å². The minimum absolute atomic E-state index is 0. The van der Waals surface area contributed by atoms with Crippen molar-refractivity contribution in [1.82, 2.24) is 4.98 Å². The molecular weight excluding hydrogens is 711 g/mol. The Kier molecular flexibility index (Phi) is 11.9. The van der Waals surface area contributed by atoms with Gasteiger partial charge in [-0.05, 0) is 64.8 Å². The zero-order valence-corrected chi connectivity index (χ0v) is 29.1. The normalized spacial score (nSPS) is 11.8. The molecule has 0 amide bonds. The van der Waals surface area contributed by atoms with Gasteiger partial charge in [0.2, 0.25) is 0 Å². The quantitative estimate of drug-likeness (QED) is 0.0973. The summed E-state index contributed by atoms with van der Waals surface area (Å²) in [6.07, 6.45) is 5.44. The largest absolute Gasteiger partial charge is 0.512 e. The van der Waals surface area contributed by atoms with Crippen LogP contribution in [0.5, 0.6) is 0 Å². The molecule has 0 unspecified atom stereocenters. The summed E-state index contributed by atoms with van der Waals surface area (Å²) in [6.45, 7) is 16.7. The molecule has 0 spiro atoms. The summed E-state index contributed by atoms with van der Waals surface area (Å²) in [5.74, 6) is 1.62. The third-order valence-corrected chi connectivity index (χ3v) is 7.12. The number of aromatic nitrogens is 1. The molecule has 0 bridgehead atoms. The zero-order valence-electron chi connectivity index (χ0n) is 26.7. The maximum atomic E-state index is 11.2. The van der Waals surface area contributed by atoms with Crippen LogP contribution in [0.3, 0.4) is 0 Å². The molecule has 4 nitrogen and oxygen atoms in total. The monoisotopic (exact) mass is 755 g/mol. The molecule has 43 heavy (non-hydrogen) atoms. The SMILES string of the molecule is CC(C)CC(=O)/C=C(\O)CC(C)C.Cc1[c-]c(-c2nccc3cc(CC(C)C)ccc23)c2oc3c(C)cccc3c2c1.[Ir]. The number of para-hydroxylation sites is 1. The van der Waals surface area contributed by atoms with E-state index in [0.717, 1.165) is 56.1 Å². The number of hydrogen-bond acceptors (Lipinski definition) is 4. The number of aryl methyl sites for hydroxylation is 2. The van der Waals surface area contributed by atoms with E-state index in [4.69, 9.17) is 9.40 Å². The Morgan fingerprint density at radius 2 is 1.60 bits per heavy atom. The van der Waals surface area contributed by atoms with Crippen molar-refractivity contribution in [2.75, 3.05) is 0 Å². The van der Waals surface area contributed by atoms with Crippen LogP contribution in [-0.4, -0.2) is 15.9 Å². The Labute approximate surface area is 270 Å². The smallest absolute Gasteiger partial charge is 0.159 e. The number of rotatable bonds is 8. The van der Waals surface area contributed by atoms with Crippen molar-refractivity contribution >= 4 is 38.5 Å². The van der Waals surface area contributed by atoms with E-state index in [9.17, 15) is 9.90 Å². The van der Waals surface area contributed by atoms with E-state index in [0.29, 0.717) is 30.6 Å². The van der Waals surface area contributed by atoms with Gasteiger partial charge in [-0.2, -0.15) is 0 Å². The Balaban J connectivity index is 0.000000310. The predicted octanol–water partition coefficient (Wildman–Crippen LogP) is 10.5. The molecule has 0 saturated heterocycles. The topological polar surface area (TPSA) is 63.3 Å². The second-order valence-corrected chi connectivity index (χ2v) is 12.7. The van der Waals surface area contributed by atoms with Gasteiger partial charge in [0.1, 0.15) is 5.58 Å². The Bertz CT molecular complexity index is 1740.